The molecule has 0 fully saturated rings. The van der Waals surface area contributed by atoms with Gasteiger partial charge in [0.05, 0.1) is 19.3 Å². The molecule has 0 atom stereocenters. The van der Waals surface area contributed by atoms with E-state index >= 15 is 0 Å². The molecule has 3 nitrogen and oxygen atoms in total. The fraction of sp³-hybridized carbons (Fsp3) is 0.190. The van der Waals surface area contributed by atoms with Crippen LogP contribution in [0.2, 0.25) is 0 Å². The Morgan fingerprint density at radius 3 is 2.48 bits per heavy atom. The van der Waals surface area contributed by atoms with E-state index in [-0.39, 0.29) is 5.97 Å². The third-order valence-corrected chi connectivity index (χ3v) is 4.81. The van der Waals surface area contributed by atoms with E-state index in [4.69, 9.17) is 9.47 Å². The predicted octanol–water partition coefficient (Wildman–Crippen LogP) is 5.41. The minimum absolute atomic E-state index is 0.311. The predicted molar refractivity (Wildman–Crippen MR) is 104 cm³/mol. The highest BCUT2D eigenvalue weighted by Gasteiger charge is 2.15. The number of rotatable bonds is 5. The summed E-state index contributed by atoms with van der Waals surface area (Å²) in [6, 6.07) is 18.0. The second kappa shape index (κ2) is 7.62. The number of methoxy groups -OCH3 is 1. The third kappa shape index (κ3) is 3.49. The van der Waals surface area contributed by atoms with E-state index in [1.54, 1.807) is 18.9 Å². The lowest BCUT2D eigenvalue weighted by molar-refractivity contribution is 0.0526. The highest BCUT2D eigenvalue weighted by atomic mass is 32.2. The van der Waals surface area contributed by atoms with Crippen molar-refractivity contribution in [2.75, 3.05) is 20.0 Å². The Balaban J connectivity index is 2.31. The van der Waals surface area contributed by atoms with Gasteiger partial charge in [-0.1, -0.05) is 30.3 Å². The van der Waals surface area contributed by atoms with Crippen LogP contribution >= 0.6 is 11.8 Å². The van der Waals surface area contributed by atoms with Crippen molar-refractivity contribution in [2.24, 2.45) is 0 Å². The molecule has 0 unspecified atom stereocenters. The molecule has 0 amide bonds. The summed E-state index contributed by atoms with van der Waals surface area (Å²) in [7, 11) is 1.66. The van der Waals surface area contributed by atoms with Crippen LogP contribution in [-0.4, -0.2) is 25.9 Å². The van der Waals surface area contributed by atoms with Crippen LogP contribution in [0.3, 0.4) is 0 Å². The van der Waals surface area contributed by atoms with Gasteiger partial charge in [0.1, 0.15) is 5.75 Å². The summed E-state index contributed by atoms with van der Waals surface area (Å²) >= 11 is 1.64. The third-order valence-electron chi connectivity index (χ3n) is 4.05. The van der Waals surface area contributed by atoms with Crippen LogP contribution in [0.25, 0.3) is 21.9 Å². The summed E-state index contributed by atoms with van der Waals surface area (Å²) in [6.07, 6.45) is 2.03. The van der Waals surface area contributed by atoms with Gasteiger partial charge in [0.15, 0.2) is 0 Å². The quantitative estimate of drug-likeness (QED) is 0.454. The molecule has 0 N–H and O–H groups in total. The van der Waals surface area contributed by atoms with E-state index in [9.17, 15) is 4.79 Å². The van der Waals surface area contributed by atoms with Gasteiger partial charge in [0.25, 0.3) is 0 Å². The van der Waals surface area contributed by atoms with E-state index in [2.05, 4.69) is 6.07 Å². The molecular formula is C21H20O3S. The van der Waals surface area contributed by atoms with Crippen LogP contribution < -0.4 is 4.74 Å². The topological polar surface area (TPSA) is 35.5 Å². The first-order chi connectivity index (χ1) is 12.2. The molecular weight excluding hydrogens is 332 g/mol. The summed E-state index contributed by atoms with van der Waals surface area (Å²) in [5.74, 6) is 0.495. The number of ether oxygens (including phenoxy) is 2. The molecule has 25 heavy (non-hydrogen) atoms. The van der Waals surface area contributed by atoms with Crippen molar-refractivity contribution in [1.29, 1.82) is 0 Å². The molecule has 4 heteroatoms. The molecule has 0 saturated carbocycles. The van der Waals surface area contributed by atoms with Crippen LogP contribution in [0.5, 0.6) is 5.75 Å². The zero-order valence-electron chi connectivity index (χ0n) is 14.5. The SMILES string of the molecule is CCOC(=O)c1cc(-c2ccccc2)c2cc(SC)c(OC)cc2c1. The van der Waals surface area contributed by atoms with Crippen molar-refractivity contribution >= 4 is 28.5 Å². The number of carbonyl (C=O) groups excluding carboxylic acids is 1. The van der Waals surface area contributed by atoms with Crippen LogP contribution in [0, 0.1) is 0 Å². The maximum absolute atomic E-state index is 12.3. The van der Waals surface area contributed by atoms with E-state index in [1.807, 2.05) is 61.7 Å². The molecule has 0 bridgehead atoms. The van der Waals surface area contributed by atoms with Gasteiger partial charge in [-0.15, -0.1) is 11.8 Å². The molecule has 0 aliphatic rings. The summed E-state index contributed by atoms with van der Waals surface area (Å²) < 4.78 is 10.7. The molecule has 3 aromatic rings. The monoisotopic (exact) mass is 352 g/mol. The molecule has 0 saturated heterocycles. The van der Waals surface area contributed by atoms with Crippen molar-refractivity contribution in [3.05, 3.63) is 60.2 Å². The lowest BCUT2D eigenvalue weighted by Crippen LogP contribution is -2.05. The van der Waals surface area contributed by atoms with Gasteiger partial charge < -0.3 is 9.47 Å². The molecule has 0 aliphatic carbocycles. The molecule has 0 aromatic heterocycles. The fourth-order valence-electron chi connectivity index (χ4n) is 2.88. The van der Waals surface area contributed by atoms with Crippen LogP contribution in [0.1, 0.15) is 17.3 Å². The van der Waals surface area contributed by atoms with Gasteiger partial charge in [0, 0.05) is 4.90 Å². The first kappa shape index (κ1) is 17.4. The minimum atomic E-state index is -0.311. The Labute approximate surface area is 152 Å². The summed E-state index contributed by atoms with van der Waals surface area (Å²) in [6.45, 7) is 2.16. The van der Waals surface area contributed by atoms with E-state index in [0.29, 0.717) is 12.2 Å². The summed E-state index contributed by atoms with van der Waals surface area (Å²) in [4.78, 5) is 13.4. The van der Waals surface area contributed by atoms with E-state index in [1.165, 1.54) is 0 Å². The van der Waals surface area contributed by atoms with Gasteiger partial charge in [-0.05, 0) is 59.3 Å². The Kier molecular flexibility index (Phi) is 5.29. The molecule has 0 spiro atoms. The molecule has 3 rings (SSSR count). The molecule has 0 radical (unpaired) electrons. The summed E-state index contributed by atoms with van der Waals surface area (Å²) in [5, 5.41) is 2.04. The first-order valence-electron chi connectivity index (χ1n) is 8.10. The zero-order valence-corrected chi connectivity index (χ0v) is 15.4. The number of esters is 1. The average molecular weight is 352 g/mol. The Morgan fingerprint density at radius 1 is 1.08 bits per heavy atom. The fourth-order valence-corrected chi connectivity index (χ4v) is 3.46. The van der Waals surface area contributed by atoms with Crippen molar-refractivity contribution in [3.8, 4) is 16.9 Å². The van der Waals surface area contributed by atoms with Gasteiger partial charge >= 0.3 is 5.97 Å². The second-order valence-corrected chi connectivity index (χ2v) is 6.39. The van der Waals surface area contributed by atoms with Crippen LogP contribution in [-0.2, 0) is 4.74 Å². The number of benzene rings is 3. The molecule has 0 aliphatic heterocycles. The number of thioether (sulfide) groups is 1. The zero-order chi connectivity index (χ0) is 17.8. The highest BCUT2D eigenvalue weighted by molar-refractivity contribution is 7.98. The van der Waals surface area contributed by atoms with Gasteiger partial charge in [0.2, 0.25) is 0 Å². The van der Waals surface area contributed by atoms with Crippen molar-refractivity contribution in [2.45, 2.75) is 11.8 Å². The number of hydrogen-bond donors (Lipinski definition) is 0. The first-order valence-corrected chi connectivity index (χ1v) is 9.32. The van der Waals surface area contributed by atoms with Crippen LogP contribution in [0.4, 0.5) is 0 Å². The molecule has 128 valence electrons. The largest absolute Gasteiger partial charge is 0.496 e. The smallest absolute Gasteiger partial charge is 0.338 e. The van der Waals surface area contributed by atoms with Crippen molar-refractivity contribution in [3.63, 3.8) is 0 Å². The molecule has 0 heterocycles. The van der Waals surface area contributed by atoms with E-state index < -0.39 is 0 Å². The standard InChI is InChI=1S/C21H20O3S/c1-4-24-21(22)16-10-15-12-19(23-2)20(25-3)13-18(15)17(11-16)14-8-6-5-7-9-14/h5-13H,4H2,1-3H3. The van der Waals surface area contributed by atoms with Crippen molar-refractivity contribution < 1.29 is 14.3 Å². The van der Waals surface area contributed by atoms with Gasteiger partial charge in [-0.25, -0.2) is 4.79 Å². The Hall–Kier alpha value is -2.46. The normalized spacial score (nSPS) is 10.7. The second-order valence-electron chi connectivity index (χ2n) is 5.54. The Bertz CT molecular complexity index is 904. The Morgan fingerprint density at radius 2 is 1.84 bits per heavy atom. The van der Waals surface area contributed by atoms with Crippen LogP contribution in [0.15, 0.2) is 59.5 Å². The number of fused-ring (bicyclic) bond motifs is 1. The number of carbonyl (C=O) groups is 1. The van der Waals surface area contributed by atoms with E-state index in [0.717, 1.165) is 32.5 Å². The number of hydrogen-bond acceptors (Lipinski definition) is 4. The van der Waals surface area contributed by atoms with Gasteiger partial charge in [-0.2, -0.15) is 0 Å². The summed E-state index contributed by atoms with van der Waals surface area (Å²) in [5.41, 5.74) is 2.63. The lowest BCUT2D eigenvalue weighted by Gasteiger charge is -2.14. The maximum atomic E-state index is 12.3. The average Bonchev–Trinajstić information content (AvgIpc) is 2.66. The maximum Gasteiger partial charge on any atom is 0.338 e. The lowest BCUT2D eigenvalue weighted by atomic mass is 9.95. The molecule has 3 aromatic carbocycles. The minimum Gasteiger partial charge on any atom is -0.496 e. The van der Waals surface area contributed by atoms with Crippen molar-refractivity contribution in [1.82, 2.24) is 0 Å². The van der Waals surface area contributed by atoms with Gasteiger partial charge in [-0.3, -0.25) is 0 Å². The highest BCUT2D eigenvalue weighted by Crippen LogP contribution is 2.37.